The van der Waals surface area contributed by atoms with Crippen LogP contribution in [0.2, 0.25) is 0 Å². The Morgan fingerprint density at radius 2 is 0.881 bits per heavy atom. The van der Waals surface area contributed by atoms with Gasteiger partial charge in [-0.15, -0.1) is 0 Å². The highest BCUT2D eigenvalue weighted by Crippen LogP contribution is 2.57. The summed E-state index contributed by atoms with van der Waals surface area (Å²) in [5.74, 6) is 3.38. The van der Waals surface area contributed by atoms with Crippen LogP contribution in [0.25, 0.3) is 72.4 Å². The maximum absolute atomic E-state index is 7.53. The zero-order chi connectivity index (χ0) is 45.1. The average Bonchev–Trinajstić information content (AvgIpc) is 3.63. The first-order valence-electron chi connectivity index (χ1n) is 22.6. The van der Waals surface area contributed by atoms with Crippen LogP contribution in [0.1, 0.15) is 47.2 Å². The van der Waals surface area contributed by atoms with Crippen molar-refractivity contribution in [3.05, 3.63) is 263 Å². The van der Waals surface area contributed by atoms with Gasteiger partial charge in [0.2, 0.25) is 0 Å². The molecule has 0 atom stereocenters. The quantitative estimate of drug-likeness (QED) is 0.150. The van der Waals surface area contributed by atoms with Crippen molar-refractivity contribution < 1.29 is 4.74 Å². The Kier molecular flexibility index (Phi) is 9.37. The predicted octanol–water partition coefficient (Wildman–Crippen LogP) is 15.6. The molecular weight excluding hydrogens is 817 g/mol. The van der Waals surface area contributed by atoms with Gasteiger partial charge in [-0.05, 0) is 74.3 Å². The third-order valence-electron chi connectivity index (χ3n) is 13.7. The standard InChI is InChI=1S/C62H42N4O/c1-61(2)52-27-11-10-25-50(52)51-36-33-45(39-55(51)61)60-65-58(40-31-34-48(63-3)35-32-40)64-59(66-60)44-20-15-18-42(38-44)41-17-14-19-43(37-41)49-26-16-29-54-57(49)67-56-30-13-12-28-53(56)62(54,46-21-6-4-7-22-46)47-23-8-5-9-24-47/h4-39H,1-2H3. The average molecular weight is 859 g/mol. The Hall–Kier alpha value is -8.72. The van der Waals surface area contributed by atoms with Crippen LogP contribution in [0.4, 0.5) is 5.69 Å². The van der Waals surface area contributed by atoms with E-state index >= 15 is 0 Å². The molecule has 2 heterocycles. The van der Waals surface area contributed by atoms with Gasteiger partial charge in [-0.2, -0.15) is 0 Å². The summed E-state index contributed by atoms with van der Waals surface area (Å²) < 4.78 is 7.01. The molecule has 5 heteroatoms. The fourth-order valence-corrected chi connectivity index (χ4v) is 10.5. The maximum Gasteiger partial charge on any atom is 0.187 e. The molecule has 10 aromatic rings. The molecule has 1 aromatic heterocycles. The number of hydrogen-bond acceptors (Lipinski definition) is 4. The Labute approximate surface area is 390 Å². The Balaban J connectivity index is 0.970. The van der Waals surface area contributed by atoms with Crippen LogP contribution < -0.4 is 4.74 Å². The van der Waals surface area contributed by atoms with Crippen LogP contribution in [0.15, 0.2) is 218 Å². The van der Waals surface area contributed by atoms with Gasteiger partial charge in [0.05, 0.1) is 12.0 Å². The van der Waals surface area contributed by atoms with E-state index in [-0.39, 0.29) is 5.41 Å². The number of nitrogens with zero attached hydrogens (tertiary/aromatic N) is 4. The van der Waals surface area contributed by atoms with E-state index in [1.807, 2.05) is 24.3 Å². The summed E-state index contributed by atoms with van der Waals surface area (Å²) in [6, 6.07) is 76.4. The van der Waals surface area contributed by atoms with Gasteiger partial charge < -0.3 is 4.74 Å². The second kappa shape index (κ2) is 15.8. The van der Waals surface area contributed by atoms with Gasteiger partial charge in [-0.25, -0.2) is 19.8 Å². The van der Waals surface area contributed by atoms with Crippen LogP contribution in [0.5, 0.6) is 11.5 Å². The number of para-hydroxylation sites is 2. The van der Waals surface area contributed by atoms with E-state index in [0.717, 1.165) is 61.6 Å². The summed E-state index contributed by atoms with van der Waals surface area (Å²) in [5.41, 5.74) is 16.1. The van der Waals surface area contributed by atoms with Crippen LogP contribution in [0.3, 0.4) is 0 Å². The SMILES string of the molecule is [C-]#[N+]c1ccc(-c2nc(-c3cccc(-c4cccc(-c5cccc6c5Oc5ccccc5C6(c5ccccc5)c5ccccc5)c4)c3)nc(-c3ccc4c(c3)C(C)(C)c3ccccc3-4)n2)cc1. The molecule has 0 bridgehead atoms. The van der Waals surface area contributed by atoms with Crippen molar-refractivity contribution in [2.45, 2.75) is 24.7 Å². The Morgan fingerprint density at radius 1 is 0.388 bits per heavy atom. The van der Waals surface area contributed by atoms with Gasteiger partial charge >= 0.3 is 0 Å². The van der Waals surface area contributed by atoms with Gasteiger partial charge in [0.25, 0.3) is 0 Å². The first-order valence-corrected chi connectivity index (χ1v) is 22.6. The smallest absolute Gasteiger partial charge is 0.187 e. The topological polar surface area (TPSA) is 52.3 Å². The minimum absolute atomic E-state index is 0.179. The van der Waals surface area contributed by atoms with Crippen molar-refractivity contribution in [3.63, 3.8) is 0 Å². The van der Waals surface area contributed by atoms with E-state index in [9.17, 15) is 0 Å². The second-order valence-corrected chi connectivity index (χ2v) is 17.8. The van der Waals surface area contributed by atoms with Crippen molar-refractivity contribution in [3.8, 4) is 79.0 Å². The zero-order valence-corrected chi connectivity index (χ0v) is 37.0. The minimum Gasteiger partial charge on any atom is -0.456 e. The first kappa shape index (κ1) is 39.8. The molecule has 0 N–H and O–H groups in total. The number of fused-ring (bicyclic) bond motifs is 5. The lowest BCUT2D eigenvalue weighted by atomic mass is 9.63. The third-order valence-corrected chi connectivity index (χ3v) is 13.7. The number of aromatic nitrogens is 3. The summed E-state index contributed by atoms with van der Waals surface area (Å²) in [6.45, 7) is 12.1. The second-order valence-electron chi connectivity index (χ2n) is 17.8. The van der Waals surface area contributed by atoms with Gasteiger partial charge in [-0.3, -0.25) is 0 Å². The molecule has 0 saturated heterocycles. The fraction of sp³-hybridized carbons (Fsp3) is 0.0645. The van der Waals surface area contributed by atoms with Crippen LogP contribution in [-0.2, 0) is 10.8 Å². The molecule has 1 aliphatic carbocycles. The van der Waals surface area contributed by atoms with Gasteiger partial charge in [-0.1, -0.05) is 208 Å². The number of rotatable bonds is 7. The molecule has 0 fully saturated rings. The lowest BCUT2D eigenvalue weighted by Gasteiger charge is -2.42. The summed E-state index contributed by atoms with van der Waals surface area (Å²) in [6.07, 6.45) is 0. The normalized spacial score (nSPS) is 13.6. The fourth-order valence-electron chi connectivity index (χ4n) is 10.5. The van der Waals surface area contributed by atoms with Crippen molar-refractivity contribution in [1.29, 1.82) is 0 Å². The molecule has 5 nitrogen and oxygen atoms in total. The highest BCUT2D eigenvalue weighted by molar-refractivity contribution is 5.85. The van der Waals surface area contributed by atoms with Crippen LogP contribution in [-0.4, -0.2) is 15.0 Å². The lowest BCUT2D eigenvalue weighted by Crippen LogP contribution is -2.34. The molecule has 12 rings (SSSR count). The molecule has 0 amide bonds. The van der Waals surface area contributed by atoms with Crippen LogP contribution in [0, 0.1) is 6.57 Å². The molecule has 9 aromatic carbocycles. The minimum atomic E-state index is -0.614. The van der Waals surface area contributed by atoms with Gasteiger partial charge in [0, 0.05) is 38.8 Å². The number of hydrogen-bond donors (Lipinski definition) is 0. The van der Waals surface area contributed by atoms with E-state index in [1.54, 1.807) is 0 Å². The van der Waals surface area contributed by atoms with Crippen molar-refractivity contribution in [2.24, 2.45) is 0 Å². The van der Waals surface area contributed by atoms with Gasteiger partial charge in [0.1, 0.15) is 11.5 Å². The zero-order valence-electron chi connectivity index (χ0n) is 37.0. The summed E-state index contributed by atoms with van der Waals surface area (Å²) in [7, 11) is 0. The van der Waals surface area contributed by atoms with E-state index in [1.165, 1.54) is 33.4 Å². The predicted molar refractivity (Wildman–Crippen MR) is 269 cm³/mol. The largest absolute Gasteiger partial charge is 0.456 e. The molecule has 0 saturated carbocycles. The van der Waals surface area contributed by atoms with E-state index in [2.05, 4.69) is 213 Å². The van der Waals surface area contributed by atoms with Crippen molar-refractivity contribution in [1.82, 2.24) is 15.0 Å². The Morgan fingerprint density at radius 3 is 1.57 bits per heavy atom. The summed E-state index contributed by atoms with van der Waals surface area (Å²) in [4.78, 5) is 19.0. The van der Waals surface area contributed by atoms with E-state index in [0.29, 0.717) is 23.2 Å². The molecule has 316 valence electrons. The molecule has 0 unspecified atom stereocenters. The lowest BCUT2D eigenvalue weighted by molar-refractivity contribution is 0.436. The molecule has 0 spiro atoms. The van der Waals surface area contributed by atoms with E-state index < -0.39 is 5.41 Å². The Bertz CT molecular complexity index is 3550. The van der Waals surface area contributed by atoms with Crippen LogP contribution >= 0.6 is 0 Å². The summed E-state index contributed by atoms with van der Waals surface area (Å²) in [5, 5.41) is 0. The third kappa shape index (κ3) is 6.49. The molecule has 2 aliphatic rings. The highest BCUT2D eigenvalue weighted by Gasteiger charge is 2.46. The first-order chi connectivity index (χ1) is 32.9. The van der Waals surface area contributed by atoms with Gasteiger partial charge in [0.15, 0.2) is 23.2 Å². The molecule has 67 heavy (non-hydrogen) atoms. The highest BCUT2D eigenvalue weighted by atomic mass is 16.5. The molecule has 1 aliphatic heterocycles. The monoisotopic (exact) mass is 858 g/mol. The molecular formula is C62H42N4O. The van der Waals surface area contributed by atoms with E-state index in [4.69, 9.17) is 26.3 Å². The maximum atomic E-state index is 7.53. The summed E-state index contributed by atoms with van der Waals surface area (Å²) >= 11 is 0. The number of ether oxygens (including phenoxy) is 1. The number of benzene rings is 9. The molecule has 0 radical (unpaired) electrons. The van der Waals surface area contributed by atoms with Crippen molar-refractivity contribution >= 4 is 5.69 Å². The van der Waals surface area contributed by atoms with Crippen molar-refractivity contribution in [2.75, 3.05) is 0 Å².